The second-order valence-electron chi connectivity index (χ2n) is 7.99. The summed E-state index contributed by atoms with van der Waals surface area (Å²) >= 11 is 7.92. The number of nitrogens with two attached hydrogens (primary N) is 1. The smallest absolute Gasteiger partial charge is 0.166 e. The lowest BCUT2D eigenvalue weighted by atomic mass is 9.95. The van der Waals surface area contributed by atoms with Gasteiger partial charge in [-0.3, -0.25) is 4.99 Å². The van der Waals surface area contributed by atoms with Gasteiger partial charge in [-0.15, -0.1) is 11.3 Å². The Kier molecular flexibility index (Phi) is 5.54. The van der Waals surface area contributed by atoms with Gasteiger partial charge in [-0.25, -0.2) is 8.42 Å². The predicted octanol–water partition coefficient (Wildman–Crippen LogP) is 3.50. The van der Waals surface area contributed by atoms with Crippen LogP contribution in [-0.2, 0) is 20.1 Å². The maximum atomic E-state index is 13.4. The lowest BCUT2D eigenvalue weighted by Gasteiger charge is -2.43. The summed E-state index contributed by atoms with van der Waals surface area (Å²) in [4.78, 5) is 6.11. The van der Waals surface area contributed by atoms with Gasteiger partial charge < -0.3 is 15.2 Å². The van der Waals surface area contributed by atoms with Crippen molar-refractivity contribution >= 4 is 38.6 Å². The van der Waals surface area contributed by atoms with Crippen LogP contribution in [0.4, 0.5) is 0 Å². The molecule has 1 fully saturated rings. The SMILES string of the molecule is COc1cc(C#N)cc(-c2cc(Cl)c([C@]3(C)CS(=O)(=O)C4(CCOCC4)C(N)=N3)s2)c1. The lowest BCUT2D eigenvalue weighted by Crippen LogP contribution is -2.60. The number of methoxy groups -OCH3 is 1. The molecule has 0 bridgehead atoms. The molecule has 0 radical (unpaired) electrons. The van der Waals surface area contributed by atoms with Crippen LogP contribution in [0.3, 0.4) is 0 Å². The number of hydrogen-bond donors (Lipinski definition) is 1. The standard InChI is InChI=1S/C21H22ClN3O4S2/c1-20(12-31(26,27)21(19(24)25-20)3-5-29-6-4-21)18-16(22)10-17(30-18)14-7-13(11-23)8-15(9-14)28-2/h7-10H,3-6,12H2,1-2H3,(H2,24,25)/t20-/m0/s1. The summed E-state index contributed by atoms with van der Waals surface area (Å²) < 4.78 is 36.3. The van der Waals surface area contributed by atoms with E-state index in [1.165, 1.54) is 18.4 Å². The van der Waals surface area contributed by atoms with Gasteiger partial charge in [0, 0.05) is 18.1 Å². The zero-order valence-electron chi connectivity index (χ0n) is 17.1. The van der Waals surface area contributed by atoms with Crippen molar-refractivity contribution < 1.29 is 17.9 Å². The van der Waals surface area contributed by atoms with E-state index in [1.54, 1.807) is 31.2 Å². The third kappa shape index (κ3) is 3.61. The first-order valence-electron chi connectivity index (χ1n) is 9.69. The molecule has 2 aromatic rings. The molecule has 2 N–H and O–H groups in total. The number of nitriles is 1. The van der Waals surface area contributed by atoms with E-state index in [4.69, 9.17) is 31.8 Å². The minimum absolute atomic E-state index is 0.128. The van der Waals surface area contributed by atoms with Gasteiger partial charge in [-0.2, -0.15) is 5.26 Å². The minimum Gasteiger partial charge on any atom is -0.497 e. The Morgan fingerprint density at radius 2 is 2.00 bits per heavy atom. The quantitative estimate of drug-likeness (QED) is 0.720. The molecule has 10 heteroatoms. The molecule has 4 rings (SSSR count). The van der Waals surface area contributed by atoms with Crippen LogP contribution >= 0.6 is 22.9 Å². The van der Waals surface area contributed by atoms with Crippen LogP contribution in [-0.4, -0.2) is 45.1 Å². The fourth-order valence-electron chi connectivity index (χ4n) is 4.25. The van der Waals surface area contributed by atoms with Crippen molar-refractivity contribution in [3.63, 3.8) is 0 Å². The molecule has 2 aliphatic heterocycles. The summed E-state index contributed by atoms with van der Waals surface area (Å²) in [5, 5.41) is 9.72. The summed E-state index contributed by atoms with van der Waals surface area (Å²) in [6, 6.07) is 9.07. The topological polar surface area (TPSA) is 115 Å². The largest absolute Gasteiger partial charge is 0.497 e. The number of rotatable bonds is 3. The third-order valence-electron chi connectivity index (χ3n) is 5.93. The second kappa shape index (κ2) is 7.78. The molecule has 0 amide bonds. The van der Waals surface area contributed by atoms with Crippen molar-refractivity contribution in [2.24, 2.45) is 10.7 Å². The molecule has 1 saturated heterocycles. The summed E-state index contributed by atoms with van der Waals surface area (Å²) in [5.41, 5.74) is 6.42. The van der Waals surface area contributed by atoms with Crippen LogP contribution in [0.1, 0.15) is 30.2 Å². The van der Waals surface area contributed by atoms with E-state index in [2.05, 4.69) is 6.07 Å². The number of ether oxygens (including phenoxy) is 2. The number of sulfone groups is 1. The number of benzene rings is 1. The van der Waals surface area contributed by atoms with Crippen molar-refractivity contribution in [3.05, 3.63) is 39.7 Å². The monoisotopic (exact) mass is 479 g/mol. The maximum Gasteiger partial charge on any atom is 0.166 e. The van der Waals surface area contributed by atoms with Gasteiger partial charge in [-0.1, -0.05) is 11.6 Å². The molecule has 2 aliphatic rings. The number of nitrogens with zero attached hydrogens (tertiary/aromatic N) is 2. The maximum absolute atomic E-state index is 13.4. The molecule has 3 heterocycles. The van der Waals surface area contributed by atoms with Gasteiger partial charge in [0.15, 0.2) is 9.84 Å². The second-order valence-corrected chi connectivity index (χ2v) is 11.7. The molecule has 7 nitrogen and oxygen atoms in total. The highest BCUT2D eigenvalue weighted by Gasteiger charge is 2.55. The van der Waals surface area contributed by atoms with E-state index < -0.39 is 20.1 Å². The predicted molar refractivity (Wildman–Crippen MR) is 122 cm³/mol. The van der Waals surface area contributed by atoms with Crippen LogP contribution in [0.15, 0.2) is 29.3 Å². The highest BCUT2D eigenvalue weighted by atomic mass is 35.5. The highest BCUT2D eigenvalue weighted by molar-refractivity contribution is 7.93. The van der Waals surface area contributed by atoms with Gasteiger partial charge >= 0.3 is 0 Å². The van der Waals surface area contributed by atoms with Crippen LogP contribution in [0.5, 0.6) is 5.75 Å². The summed E-state index contributed by atoms with van der Waals surface area (Å²) in [7, 11) is -2.06. The molecule has 1 atom stereocenters. The lowest BCUT2D eigenvalue weighted by molar-refractivity contribution is 0.0875. The molecule has 1 spiro atoms. The van der Waals surface area contributed by atoms with Crippen LogP contribution in [0.25, 0.3) is 10.4 Å². The molecule has 1 aromatic heterocycles. The number of aliphatic imine (C=N–C) groups is 1. The Bertz CT molecular complexity index is 1210. The number of thiophene rings is 1. The van der Waals surface area contributed by atoms with Gasteiger partial charge in [0.1, 0.15) is 21.9 Å². The van der Waals surface area contributed by atoms with Crippen molar-refractivity contribution in [2.75, 3.05) is 26.1 Å². The Labute approximate surface area is 190 Å². The molecule has 0 saturated carbocycles. The van der Waals surface area contributed by atoms with E-state index in [-0.39, 0.29) is 11.6 Å². The van der Waals surface area contributed by atoms with Crippen molar-refractivity contribution in [1.29, 1.82) is 5.26 Å². The molecule has 164 valence electrons. The molecular formula is C21H22ClN3O4S2. The Balaban J connectivity index is 1.80. The molecular weight excluding hydrogens is 458 g/mol. The van der Waals surface area contributed by atoms with Gasteiger partial charge in [0.2, 0.25) is 0 Å². The fourth-order valence-corrected chi connectivity index (χ4v) is 8.34. The van der Waals surface area contributed by atoms with Gasteiger partial charge in [0.05, 0.1) is 34.4 Å². The van der Waals surface area contributed by atoms with Crippen LogP contribution in [0.2, 0.25) is 5.02 Å². The third-order valence-corrected chi connectivity index (χ3v) is 10.5. The van der Waals surface area contributed by atoms with Gasteiger partial charge in [-0.05, 0) is 49.6 Å². The first kappa shape index (κ1) is 22.1. The zero-order valence-corrected chi connectivity index (χ0v) is 19.5. The number of hydrogen-bond acceptors (Lipinski definition) is 8. The molecule has 0 aliphatic carbocycles. The van der Waals surface area contributed by atoms with Crippen molar-refractivity contribution in [3.8, 4) is 22.3 Å². The molecule has 31 heavy (non-hydrogen) atoms. The Hall–Kier alpha value is -2.12. The Morgan fingerprint density at radius 3 is 2.61 bits per heavy atom. The summed E-state index contributed by atoms with van der Waals surface area (Å²) in [6.45, 7) is 2.43. The average Bonchev–Trinajstić information content (AvgIpc) is 3.15. The first-order valence-corrected chi connectivity index (χ1v) is 12.5. The van der Waals surface area contributed by atoms with Crippen LogP contribution in [0, 0.1) is 11.3 Å². The van der Waals surface area contributed by atoms with E-state index in [1.807, 2.05) is 0 Å². The van der Waals surface area contributed by atoms with Gasteiger partial charge in [0.25, 0.3) is 0 Å². The zero-order chi connectivity index (χ0) is 22.4. The number of amidine groups is 1. The van der Waals surface area contributed by atoms with E-state index >= 15 is 0 Å². The van der Waals surface area contributed by atoms with Crippen molar-refractivity contribution in [1.82, 2.24) is 0 Å². The molecule has 0 unspecified atom stereocenters. The van der Waals surface area contributed by atoms with Crippen LogP contribution < -0.4 is 10.5 Å². The van der Waals surface area contributed by atoms with E-state index in [0.717, 1.165) is 10.4 Å². The average molecular weight is 480 g/mol. The number of halogens is 1. The highest BCUT2D eigenvalue weighted by Crippen LogP contribution is 2.47. The Morgan fingerprint density at radius 1 is 1.29 bits per heavy atom. The first-order chi connectivity index (χ1) is 14.6. The van der Waals surface area contributed by atoms with E-state index in [9.17, 15) is 13.7 Å². The fraction of sp³-hybridized carbons (Fsp3) is 0.429. The van der Waals surface area contributed by atoms with E-state index in [0.29, 0.717) is 47.3 Å². The summed E-state index contributed by atoms with van der Waals surface area (Å²) in [6.07, 6.45) is 0.621. The normalized spacial score (nSPS) is 24.4. The molecule has 1 aromatic carbocycles. The minimum atomic E-state index is -3.60. The van der Waals surface area contributed by atoms with Crippen molar-refractivity contribution in [2.45, 2.75) is 30.1 Å². The summed E-state index contributed by atoms with van der Waals surface area (Å²) in [5.74, 6) is 0.501.